The van der Waals surface area contributed by atoms with Crippen molar-refractivity contribution >= 4 is 32.5 Å². The van der Waals surface area contributed by atoms with Crippen LogP contribution in [0.5, 0.6) is 0 Å². The molecule has 0 radical (unpaired) electrons. The lowest BCUT2D eigenvalue weighted by Crippen LogP contribution is -2.46. The molecule has 0 saturated heterocycles. The third-order valence-corrected chi connectivity index (χ3v) is 5.41. The molecular weight excluding hydrogens is 278 g/mol. The van der Waals surface area contributed by atoms with E-state index in [1.165, 1.54) is 12.1 Å². The number of rotatable bonds is 2. The number of carboxylic acids is 1. The molecule has 2 rings (SSSR count). The average molecular weight is 289 g/mol. The first-order chi connectivity index (χ1) is 8.32. The molecule has 18 heavy (non-hydrogen) atoms. The Bertz CT molecular complexity index is 625. The maximum atomic E-state index is 12.0. The molecular formula is C10H11NO5S2. The van der Waals surface area contributed by atoms with Crippen LogP contribution in [0.4, 0.5) is 5.69 Å². The lowest BCUT2D eigenvalue weighted by molar-refractivity contribution is -0.136. The van der Waals surface area contributed by atoms with Gasteiger partial charge < -0.3 is 5.11 Å². The van der Waals surface area contributed by atoms with Gasteiger partial charge in [-0.25, -0.2) is 8.42 Å². The number of nitrogens with zero attached hydrogens (tertiary/aromatic N) is 1. The Morgan fingerprint density at radius 3 is 2.61 bits per heavy atom. The van der Waals surface area contributed by atoms with E-state index in [2.05, 4.69) is 0 Å². The Hall–Kier alpha value is -1.41. The molecule has 0 spiro atoms. The Labute approximate surface area is 107 Å². The topological polar surface area (TPSA) is 91.8 Å². The van der Waals surface area contributed by atoms with Crippen molar-refractivity contribution in [2.45, 2.75) is 10.1 Å². The third-order valence-electron chi connectivity index (χ3n) is 2.62. The predicted molar refractivity (Wildman–Crippen MR) is 66.5 cm³/mol. The van der Waals surface area contributed by atoms with Crippen molar-refractivity contribution in [3.05, 3.63) is 24.3 Å². The second-order valence-corrected chi connectivity index (χ2v) is 7.40. The Morgan fingerprint density at radius 1 is 1.44 bits per heavy atom. The predicted octanol–water partition coefficient (Wildman–Crippen LogP) is 0.0270. The van der Waals surface area contributed by atoms with E-state index in [1.807, 2.05) is 0 Å². The van der Waals surface area contributed by atoms with Crippen molar-refractivity contribution in [1.82, 2.24) is 0 Å². The number of hydrogen-bond acceptors (Lipinski definition) is 4. The molecule has 1 heterocycles. The molecule has 1 aromatic rings. The highest BCUT2D eigenvalue weighted by molar-refractivity contribution is 7.92. The highest BCUT2D eigenvalue weighted by Gasteiger charge is 2.38. The van der Waals surface area contributed by atoms with Crippen LogP contribution in [0.15, 0.2) is 29.2 Å². The van der Waals surface area contributed by atoms with Gasteiger partial charge in [-0.2, -0.15) is 0 Å². The number of sulfonamides is 1. The van der Waals surface area contributed by atoms with Crippen LogP contribution in [0.3, 0.4) is 0 Å². The summed E-state index contributed by atoms with van der Waals surface area (Å²) < 4.78 is 36.3. The van der Waals surface area contributed by atoms with Gasteiger partial charge in [-0.3, -0.25) is 13.3 Å². The summed E-state index contributed by atoms with van der Waals surface area (Å²) >= 11 is 0. The van der Waals surface area contributed by atoms with E-state index in [0.29, 0.717) is 0 Å². The van der Waals surface area contributed by atoms with Crippen LogP contribution in [0, 0.1) is 0 Å². The molecule has 0 bridgehead atoms. The summed E-state index contributed by atoms with van der Waals surface area (Å²) in [5, 5.41) is 7.76. The number of carboxylic acid groups (broad SMARTS) is 1. The van der Waals surface area contributed by atoms with E-state index in [1.54, 1.807) is 12.1 Å². The molecule has 1 unspecified atom stereocenters. The summed E-state index contributed by atoms with van der Waals surface area (Å²) in [4.78, 5) is 11.3. The van der Waals surface area contributed by atoms with E-state index in [0.717, 1.165) is 10.6 Å². The lowest BCUT2D eigenvalue weighted by atomic mass is 10.3. The van der Waals surface area contributed by atoms with Crippen LogP contribution >= 0.6 is 0 Å². The van der Waals surface area contributed by atoms with Crippen LogP contribution in [-0.2, 0) is 25.6 Å². The first-order valence-corrected chi connectivity index (χ1v) is 8.08. The van der Waals surface area contributed by atoms with Crippen molar-refractivity contribution in [2.75, 3.05) is 17.1 Å². The van der Waals surface area contributed by atoms with E-state index in [-0.39, 0.29) is 17.1 Å². The number of fused-ring (bicyclic) bond motifs is 1. The standard InChI is InChI=1S/C10H11NO5S2/c1-18(15,16)11-6-9(10(12)13)17(14)8-5-3-2-4-7(8)11/h2-5,9H,6H2,1H3,(H,12,13)/t9-,17?/m1/s1. The summed E-state index contributed by atoms with van der Waals surface area (Å²) in [6, 6.07) is 6.22. The van der Waals surface area contributed by atoms with Crippen molar-refractivity contribution in [1.29, 1.82) is 0 Å². The molecule has 1 aromatic carbocycles. The van der Waals surface area contributed by atoms with Gasteiger partial charge in [-0.1, -0.05) is 12.1 Å². The molecule has 0 saturated carbocycles. The molecule has 2 atom stereocenters. The van der Waals surface area contributed by atoms with E-state index >= 15 is 0 Å². The Kier molecular flexibility index (Phi) is 3.16. The molecule has 1 aliphatic rings. The van der Waals surface area contributed by atoms with Crippen LogP contribution in [0.2, 0.25) is 0 Å². The SMILES string of the molecule is CS(=O)(=O)N1C[C@H](C(=O)O)S(=O)c2ccccc21. The van der Waals surface area contributed by atoms with Crippen molar-refractivity contribution in [3.8, 4) is 0 Å². The molecule has 98 valence electrons. The van der Waals surface area contributed by atoms with E-state index in [9.17, 15) is 17.4 Å². The van der Waals surface area contributed by atoms with Gasteiger partial charge in [0.1, 0.15) is 0 Å². The van der Waals surface area contributed by atoms with Crippen LogP contribution in [-0.4, -0.2) is 41.8 Å². The summed E-state index contributed by atoms with van der Waals surface area (Å²) in [5.41, 5.74) is 0.288. The van der Waals surface area contributed by atoms with Crippen LogP contribution < -0.4 is 4.31 Å². The van der Waals surface area contributed by atoms with Crippen LogP contribution in [0.25, 0.3) is 0 Å². The average Bonchev–Trinajstić information content (AvgIpc) is 2.27. The number of carbonyl (C=O) groups is 1. The van der Waals surface area contributed by atoms with Gasteiger partial charge in [-0.05, 0) is 12.1 Å². The molecule has 0 aliphatic carbocycles. The number of hydrogen-bond donors (Lipinski definition) is 1. The van der Waals surface area contributed by atoms with E-state index < -0.39 is 32.0 Å². The second kappa shape index (κ2) is 4.36. The highest BCUT2D eigenvalue weighted by Crippen LogP contribution is 2.32. The van der Waals surface area contributed by atoms with Crippen LogP contribution in [0.1, 0.15) is 0 Å². The van der Waals surface area contributed by atoms with Gasteiger partial charge in [0.05, 0.1) is 34.2 Å². The fourth-order valence-corrected chi connectivity index (χ4v) is 4.25. The quantitative estimate of drug-likeness (QED) is 0.829. The van der Waals surface area contributed by atoms with Gasteiger partial charge in [0.2, 0.25) is 10.0 Å². The molecule has 0 aromatic heterocycles. The third kappa shape index (κ3) is 2.13. The zero-order valence-electron chi connectivity index (χ0n) is 9.44. The van der Waals surface area contributed by atoms with Crippen molar-refractivity contribution < 1.29 is 22.5 Å². The second-order valence-electron chi connectivity index (χ2n) is 3.89. The summed E-state index contributed by atoms with van der Waals surface area (Å²) in [7, 11) is -5.34. The number of aliphatic carboxylic acids is 1. The molecule has 8 heteroatoms. The van der Waals surface area contributed by atoms with E-state index in [4.69, 9.17) is 5.11 Å². The highest BCUT2D eigenvalue weighted by atomic mass is 32.2. The first kappa shape index (κ1) is 13.0. The minimum absolute atomic E-state index is 0.238. The number of benzene rings is 1. The molecule has 6 nitrogen and oxygen atoms in total. The minimum Gasteiger partial charge on any atom is -0.480 e. The molecule has 0 fully saturated rings. The number of anilines is 1. The molecule has 1 aliphatic heterocycles. The zero-order valence-corrected chi connectivity index (χ0v) is 11.1. The summed E-state index contributed by atoms with van der Waals surface area (Å²) in [5.74, 6) is -1.27. The summed E-state index contributed by atoms with van der Waals surface area (Å²) in [6.07, 6.45) is 0.997. The Morgan fingerprint density at radius 2 is 2.06 bits per heavy atom. The van der Waals surface area contributed by atoms with Gasteiger partial charge in [0, 0.05) is 0 Å². The van der Waals surface area contributed by atoms with Gasteiger partial charge in [-0.15, -0.1) is 0 Å². The number of para-hydroxylation sites is 1. The summed E-state index contributed by atoms with van der Waals surface area (Å²) in [6.45, 7) is -0.308. The van der Waals surface area contributed by atoms with Gasteiger partial charge >= 0.3 is 5.97 Å². The van der Waals surface area contributed by atoms with Crippen molar-refractivity contribution in [3.63, 3.8) is 0 Å². The maximum Gasteiger partial charge on any atom is 0.321 e. The lowest BCUT2D eigenvalue weighted by Gasteiger charge is -2.31. The minimum atomic E-state index is -3.59. The van der Waals surface area contributed by atoms with Gasteiger partial charge in [0.25, 0.3) is 0 Å². The molecule has 1 N–H and O–H groups in total. The smallest absolute Gasteiger partial charge is 0.321 e. The molecule has 0 amide bonds. The fourth-order valence-electron chi connectivity index (χ4n) is 1.79. The van der Waals surface area contributed by atoms with Gasteiger partial charge in [0.15, 0.2) is 5.25 Å². The first-order valence-electron chi connectivity index (χ1n) is 5.02. The fraction of sp³-hybridized carbons (Fsp3) is 0.300. The maximum absolute atomic E-state index is 12.0. The van der Waals surface area contributed by atoms with Crippen molar-refractivity contribution in [2.24, 2.45) is 0 Å². The zero-order chi connectivity index (χ0) is 13.5. The monoisotopic (exact) mass is 289 g/mol. The largest absolute Gasteiger partial charge is 0.480 e. The normalized spacial score (nSPS) is 23.5. The Balaban J connectivity index is 2.62.